The van der Waals surface area contributed by atoms with Gasteiger partial charge in [0.25, 0.3) is 5.56 Å². The summed E-state index contributed by atoms with van der Waals surface area (Å²) in [4.78, 5) is 30.2. The Kier molecular flexibility index (Phi) is 4.03. The Morgan fingerprint density at radius 1 is 1.43 bits per heavy atom. The van der Waals surface area contributed by atoms with Gasteiger partial charge in [0.05, 0.1) is 5.39 Å². The Balaban J connectivity index is 2.02. The van der Waals surface area contributed by atoms with E-state index in [0.717, 1.165) is 29.5 Å². The molecule has 0 aromatic carbocycles. The highest BCUT2D eigenvalue weighted by molar-refractivity contribution is 7.99. The van der Waals surface area contributed by atoms with Gasteiger partial charge in [0.1, 0.15) is 4.83 Å². The molecule has 2 heterocycles. The third kappa shape index (κ3) is 2.72. The first-order chi connectivity index (χ1) is 10.1. The standard InChI is InChI=1S/C14H17N3O2S2/c1-17-13(19)11-8-4-2-3-5-9(8)21-12(11)16-14(17)20-7-6-10(15)18/h2-7H2,1H3,(H2,15,18). The molecule has 0 aliphatic heterocycles. The number of nitrogens with zero attached hydrogens (tertiary/aromatic N) is 2. The number of hydrogen-bond acceptors (Lipinski definition) is 5. The van der Waals surface area contributed by atoms with E-state index in [2.05, 4.69) is 4.98 Å². The van der Waals surface area contributed by atoms with Crippen molar-refractivity contribution in [2.45, 2.75) is 37.3 Å². The normalized spacial score (nSPS) is 14.3. The first kappa shape index (κ1) is 14.6. The van der Waals surface area contributed by atoms with E-state index in [9.17, 15) is 9.59 Å². The number of thiophene rings is 1. The van der Waals surface area contributed by atoms with Gasteiger partial charge in [-0.25, -0.2) is 4.98 Å². The van der Waals surface area contributed by atoms with Crippen LogP contribution in [0.15, 0.2) is 9.95 Å². The second-order valence-corrected chi connectivity index (χ2v) is 7.36. The van der Waals surface area contributed by atoms with Gasteiger partial charge in [0, 0.05) is 24.1 Å². The molecule has 0 unspecified atom stereocenters. The highest BCUT2D eigenvalue weighted by Crippen LogP contribution is 2.34. The molecule has 1 aliphatic rings. The number of aryl methyl sites for hydroxylation is 2. The molecule has 0 bridgehead atoms. The number of carbonyl (C=O) groups excluding carboxylic acids is 1. The van der Waals surface area contributed by atoms with E-state index in [4.69, 9.17) is 5.73 Å². The molecule has 0 atom stereocenters. The number of hydrogen-bond donors (Lipinski definition) is 1. The molecule has 5 nitrogen and oxygen atoms in total. The zero-order valence-electron chi connectivity index (χ0n) is 11.8. The first-order valence-corrected chi connectivity index (χ1v) is 8.80. The summed E-state index contributed by atoms with van der Waals surface area (Å²) in [6, 6.07) is 0. The zero-order chi connectivity index (χ0) is 15.0. The van der Waals surface area contributed by atoms with Crippen LogP contribution in [0.4, 0.5) is 0 Å². The van der Waals surface area contributed by atoms with Crippen LogP contribution < -0.4 is 11.3 Å². The molecule has 2 aromatic rings. The van der Waals surface area contributed by atoms with E-state index in [0.29, 0.717) is 17.3 Å². The zero-order valence-corrected chi connectivity index (χ0v) is 13.5. The molecular weight excluding hydrogens is 306 g/mol. The lowest BCUT2D eigenvalue weighted by molar-refractivity contribution is -0.117. The topological polar surface area (TPSA) is 78.0 Å². The first-order valence-electron chi connectivity index (χ1n) is 7.00. The highest BCUT2D eigenvalue weighted by atomic mass is 32.2. The molecule has 0 saturated carbocycles. The van der Waals surface area contributed by atoms with Crippen LogP contribution in [0.1, 0.15) is 29.7 Å². The number of thioether (sulfide) groups is 1. The lowest BCUT2D eigenvalue weighted by atomic mass is 9.97. The van der Waals surface area contributed by atoms with Gasteiger partial charge < -0.3 is 5.73 Å². The second-order valence-electron chi connectivity index (χ2n) is 5.21. The summed E-state index contributed by atoms with van der Waals surface area (Å²) in [5.41, 5.74) is 6.38. The van der Waals surface area contributed by atoms with Crippen molar-refractivity contribution in [1.82, 2.24) is 9.55 Å². The van der Waals surface area contributed by atoms with E-state index in [1.54, 1.807) is 23.0 Å². The van der Waals surface area contributed by atoms with Crippen molar-refractivity contribution in [2.75, 3.05) is 5.75 Å². The van der Waals surface area contributed by atoms with E-state index >= 15 is 0 Å². The van der Waals surface area contributed by atoms with Gasteiger partial charge in [-0.2, -0.15) is 0 Å². The molecular formula is C14H17N3O2S2. The van der Waals surface area contributed by atoms with Crippen molar-refractivity contribution in [1.29, 1.82) is 0 Å². The van der Waals surface area contributed by atoms with Gasteiger partial charge in [-0.1, -0.05) is 11.8 Å². The third-order valence-electron chi connectivity index (χ3n) is 3.73. The quantitative estimate of drug-likeness (QED) is 0.688. The summed E-state index contributed by atoms with van der Waals surface area (Å²) in [6.07, 6.45) is 4.68. The summed E-state index contributed by atoms with van der Waals surface area (Å²) in [5, 5.41) is 1.46. The minimum atomic E-state index is -0.333. The van der Waals surface area contributed by atoms with E-state index < -0.39 is 0 Å². The van der Waals surface area contributed by atoms with Gasteiger partial charge in [-0.15, -0.1) is 11.3 Å². The fourth-order valence-electron chi connectivity index (χ4n) is 2.64. The van der Waals surface area contributed by atoms with Crippen LogP contribution in [0, 0.1) is 0 Å². The minimum Gasteiger partial charge on any atom is -0.370 e. The number of rotatable bonds is 4. The highest BCUT2D eigenvalue weighted by Gasteiger charge is 2.21. The summed E-state index contributed by atoms with van der Waals surface area (Å²) in [5.74, 6) is 0.215. The molecule has 3 rings (SSSR count). The molecule has 0 saturated heterocycles. The molecule has 1 amide bonds. The lowest BCUT2D eigenvalue weighted by Gasteiger charge is -2.10. The Morgan fingerprint density at radius 2 is 2.19 bits per heavy atom. The molecule has 2 aromatic heterocycles. The van der Waals surface area contributed by atoms with E-state index in [1.807, 2.05) is 0 Å². The Bertz CT molecular complexity index is 764. The maximum atomic E-state index is 12.6. The summed E-state index contributed by atoms with van der Waals surface area (Å²) < 4.78 is 1.59. The lowest BCUT2D eigenvalue weighted by Crippen LogP contribution is -2.21. The maximum absolute atomic E-state index is 12.6. The summed E-state index contributed by atoms with van der Waals surface area (Å²) >= 11 is 3.06. The summed E-state index contributed by atoms with van der Waals surface area (Å²) in [7, 11) is 1.74. The molecule has 0 radical (unpaired) electrons. The number of carbonyl (C=O) groups is 1. The van der Waals surface area contributed by atoms with Crippen molar-refractivity contribution in [3.8, 4) is 0 Å². The van der Waals surface area contributed by atoms with Crippen molar-refractivity contribution >= 4 is 39.2 Å². The number of nitrogens with two attached hydrogens (primary N) is 1. The Hall–Kier alpha value is -1.34. The van der Waals surface area contributed by atoms with Crippen LogP contribution in [-0.2, 0) is 24.7 Å². The number of aromatic nitrogens is 2. The average Bonchev–Trinajstić information content (AvgIpc) is 2.82. The largest absolute Gasteiger partial charge is 0.370 e. The molecule has 112 valence electrons. The maximum Gasteiger partial charge on any atom is 0.262 e. The Morgan fingerprint density at radius 3 is 2.95 bits per heavy atom. The van der Waals surface area contributed by atoms with Gasteiger partial charge in [0.15, 0.2) is 5.16 Å². The van der Waals surface area contributed by atoms with Gasteiger partial charge in [0.2, 0.25) is 5.91 Å². The van der Waals surface area contributed by atoms with Crippen molar-refractivity contribution < 1.29 is 4.79 Å². The van der Waals surface area contributed by atoms with Crippen molar-refractivity contribution in [2.24, 2.45) is 12.8 Å². The van der Waals surface area contributed by atoms with E-state index in [1.165, 1.54) is 28.6 Å². The predicted octanol–water partition coefficient (Wildman–Crippen LogP) is 1.84. The van der Waals surface area contributed by atoms with Crippen LogP contribution in [0.2, 0.25) is 0 Å². The van der Waals surface area contributed by atoms with Crippen LogP contribution in [-0.4, -0.2) is 21.2 Å². The fraction of sp³-hybridized carbons (Fsp3) is 0.500. The van der Waals surface area contributed by atoms with Gasteiger partial charge in [-0.05, 0) is 31.2 Å². The smallest absolute Gasteiger partial charge is 0.262 e. The number of fused-ring (bicyclic) bond motifs is 3. The van der Waals surface area contributed by atoms with Crippen LogP contribution in [0.25, 0.3) is 10.2 Å². The second kappa shape index (κ2) is 5.81. The van der Waals surface area contributed by atoms with Gasteiger partial charge in [-0.3, -0.25) is 14.2 Å². The SMILES string of the molecule is Cn1c(SCCC(N)=O)nc2sc3c(c2c1=O)CCCC3. The molecule has 21 heavy (non-hydrogen) atoms. The Labute approximate surface area is 130 Å². The van der Waals surface area contributed by atoms with E-state index in [-0.39, 0.29) is 11.5 Å². The molecule has 0 fully saturated rings. The fourth-order valence-corrected chi connectivity index (χ4v) is 4.87. The monoisotopic (exact) mass is 323 g/mol. The molecule has 7 heteroatoms. The van der Waals surface area contributed by atoms with Crippen molar-refractivity contribution in [3.63, 3.8) is 0 Å². The molecule has 1 aliphatic carbocycles. The molecule has 0 spiro atoms. The third-order valence-corrected chi connectivity index (χ3v) is 5.95. The number of primary amides is 1. The molecule has 2 N–H and O–H groups in total. The predicted molar refractivity (Wildman–Crippen MR) is 86.0 cm³/mol. The van der Waals surface area contributed by atoms with Crippen LogP contribution >= 0.6 is 23.1 Å². The van der Waals surface area contributed by atoms with Gasteiger partial charge >= 0.3 is 0 Å². The minimum absolute atomic E-state index is 0.0287. The average molecular weight is 323 g/mol. The van der Waals surface area contributed by atoms with Crippen molar-refractivity contribution in [3.05, 3.63) is 20.8 Å². The van der Waals surface area contributed by atoms with Crippen LogP contribution in [0.3, 0.4) is 0 Å². The summed E-state index contributed by atoms with van der Waals surface area (Å²) in [6.45, 7) is 0. The van der Waals surface area contributed by atoms with Crippen LogP contribution in [0.5, 0.6) is 0 Å². The number of amides is 1.